The first kappa shape index (κ1) is 14.2. The fourth-order valence-electron chi connectivity index (χ4n) is 3.66. The number of piperidine rings is 1. The number of anilines is 1. The number of fused-ring (bicyclic) bond motifs is 1. The predicted molar refractivity (Wildman–Crippen MR) is 83.4 cm³/mol. The number of aliphatic hydroxyl groups excluding tert-OH is 1. The second-order valence-corrected chi connectivity index (χ2v) is 6.45. The molecular formula is C16H23ClN2O. The van der Waals surface area contributed by atoms with Gasteiger partial charge >= 0.3 is 0 Å². The van der Waals surface area contributed by atoms with Gasteiger partial charge in [-0.3, -0.25) is 4.90 Å². The first-order valence-corrected chi connectivity index (χ1v) is 7.97. The molecule has 0 aromatic heterocycles. The maximum absolute atomic E-state index is 9.63. The van der Waals surface area contributed by atoms with Crippen molar-refractivity contribution >= 4 is 17.3 Å². The second kappa shape index (κ2) is 5.92. The minimum Gasteiger partial charge on any atom is -0.392 e. The van der Waals surface area contributed by atoms with E-state index in [1.54, 1.807) is 0 Å². The van der Waals surface area contributed by atoms with Crippen molar-refractivity contribution < 1.29 is 5.11 Å². The van der Waals surface area contributed by atoms with Gasteiger partial charge in [0.25, 0.3) is 0 Å². The lowest BCUT2D eigenvalue weighted by atomic mass is 9.96. The van der Waals surface area contributed by atoms with Gasteiger partial charge in [0, 0.05) is 41.4 Å². The molecule has 0 spiro atoms. The van der Waals surface area contributed by atoms with Crippen molar-refractivity contribution in [2.45, 2.75) is 44.9 Å². The van der Waals surface area contributed by atoms with Gasteiger partial charge < -0.3 is 10.0 Å². The molecule has 1 aromatic carbocycles. The molecule has 2 fully saturated rings. The van der Waals surface area contributed by atoms with Crippen molar-refractivity contribution in [1.29, 1.82) is 0 Å². The molecule has 2 heterocycles. The molecule has 2 saturated heterocycles. The fourth-order valence-corrected chi connectivity index (χ4v) is 3.89. The number of rotatable bonds is 2. The Morgan fingerprint density at radius 3 is 2.95 bits per heavy atom. The van der Waals surface area contributed by atoms with Crippen LogP contribution in [0.2, 0.25) is 5.02 Å². The zero-order chi connectivity index (χ0) is 14.1. The van der Waals surface area contributed by atoms with Crippen LogP contribution in [-0.4, -0.2) is 41.7 Å². The third-order valence-electron chi connectivity index (χ3n) is 4.75. The zero-order valence-electron chi connectivity index (χ0n) is 12.1. The van der Waals surface area contributed by atoms with E-state index in [9.17, 15) is 5.11 Å². The van der Waals surface area contributed by atoms with E-state index in [2.05, 4.69) is 22.8 Å². The molecule has 0 saturated carbocycles. The minimum atomic E-state index is 0.00656. The van der Waals surface area contributed by atoms with Gasteiger partial charge in [0.1, 0.15) is 0 Å². The molecule has 0 bridgehead atoms. The van der Waals surface area contributed by atoms with E-state index in [1.165, 1.54) is 25.8 Å². The number of hydrogen-bond acceptors (Lipinski definition) is 3. The van der Waals surface area contributed by atoms with Crippen molar-refractivity contribution in [2.24, 2.45) is 0 Å². The van der Waals surface area contributed by atoms with E-state index in [0.717, 1.165) is 24.3 Å². The molecule has 0 amide bonds. The van der Waals surface area contributed by atoms with Crippen LogP contribution >= 0.6 is 11.6 Å². The molecule has 2 unspecified atom stereocenters. The maximum Gasteiger partial charge on any atom is 0.0716 e. The Labute approximate surface area is 126 Å². The lowest BCUT2D eigenvalue weighted by molar-refractivity contribution is 0.115. The Bertz CT molecular complexity index is 480. The average molecular weight is 295 g/mol. The molecule has 110 valence electrons. The molecule has 20 heavy (non-hydrogen) atoms. The van der Waals surface area contributed by atoms with E-state index < -0.39 is 0 Å². The largest absolute Gasteiger partial charge is 0.392 e. The number of benzene rings is 1. The topological polar surface area (TPSA) is 26.7 Å². The molecule has 0 radical (unpaired) electrons. The van der Waals surface area contributed by atoms with Gasteiger partial charge in [-0.1, -0.05) is 24.1 Å². The van der Waals surface area contributed by atoms with E-state index >= 15 is 0 Å². The van der Waals surface area contributed by atoms with Crippen LogP contribution in [0, 0.1) is 0 Å². The fraction of sp³-hybridized carbons (Fsp3) is 0.625. The van der Waals surface area contributed by atoms with Crippen molar-refractivity contribution in [3.63, 3.8) is 0 Å². The summed E-state index contributed by atoms with van der Waals surface area (Å²) in [4.78, 5) is 5.07. The molecule has 1 N–H and O–H groups in total. The Balaban J connectivity index is 1.88. The van der Waals surface area contributed by atoms with Crippen molar-refractivity contribution in [2.75, 3.05) is 24.5 Å². The Morgan fingerprint density at radius 1 is 1.30 bits per heavy atom. The number of piperazine rings is 1. The lowest BCUT2D eigenvalue weighted by Crippen LogP contribution is -2.59. The third-order valence-corrected chi connectivity index (χ3v) is 5.10. The normalized spacial score (nSPS) is 27.4. The zero-order valence-corrected chi connectivity index (χ0v) is 12.8. The number of hydrogen-bond donors (Lipinski definition) is 1. The summed E-state index contributed by atoms with van der Waals surface area (Å²) in [5.41, 5.74) is 1.97. The molecular weight excluding hydrogens is 272 g/mol. The Morgan fingerprint density at radius 2 is 2.15 bits per heavy atom. The Hall–Kier alpha value is -0.770. The Kier molecular flexibility index (Phi) is 4.20. The molecule has 1 aromatic rings. The van der Waals surface area contributed by atoms with Crippen molar-refractivity contribution in [3.05, 3.63) is 28.8 Å². The highest BCUT2D eigenvalue weighted by molar-refractivity contribution is 6.31. The summed E-state index contributed by atoms with van der Waals surface area (Å²) < 4.78 is 0. The SMILES string of the molecule is CC1CN2CCCCC2CN1c1cccc(Cl)c1CO. The molecule has 3 rings (SSSR count). The van der Waals surface area contributed by atoms with Crippen LogP contribution in [0.5, 0.6) is 0 Å². The maximum atomic E-state index is 9.63. The van der Waals surface area contributed by atoms with Gasteiger partial charge in [-0.2, -0.15) is 0 Å². The second-order valence-electron chi connectivity index (χ2n) is 6.04. The smallest absolute Gasteiger partial charge is 0.0716 e. The number of halogens is 1. The van der Waals surface area contributed by atoms with Crippen LogP contribution in [0.4, 0.5) is 5.69 Å². The van der Waals surface area contributed by atoms with Gasteiger partial charge in [-0.15, -0.1) is 0 Å². The molecule has 2 aliphatic rings. The molecule has 2 atom stereocenters. The van der Waals surface area contributed by atoms with Crippen LogP contribution in [0.15, 0.2) is 18.2 Å². The molecule has 2 aliphatic heterocycles. The van der Waals surface area contributed by atoms with Crippen molar-refractivity contribution in [1.82, 2.24) is 4.90 Å². The van der Waals surface area contributed by atoms with Crippen LogP contribution in [0.3, 0.4) is 0 Å². The van der Waals surface area contributed by atoms with E-state index in [0.29, 0.717) is 17.1 Å². The van der Waals surface area contributed by atoms with Crippen molar-refractivity contribution in [3.8, 4) is 0 Å². The third kappa shape index (κ3) is 2.54. The predicted octanol–water partition coefficient (Wildman–Crippen LogP) is 2.90. The minimum absolute atomic E-state index is 0.00656. The molecule has 0 aliphatic carbocycles. The molecule has 4 heteroatoms. The summed E-state index contributed by atoms with van der Waals surface area (Å²) in [7, 11) is 0. The summed E-state index contributed by atoms with van der Waals surface area (Å²) in [6, 6.07) is 7.06. The highest BCUT2D eigenvalue weighted by atomic mass is 35.5. The van der Waals surface area contributed by atoms with E-state index in [-0.39, 0.29) is 6.61 Å². The summed E-state index contributed by atoms with van der Waals surface area (Å²) in [6.45, 7) is 5.68. The van der Waals surface area contributed by atoms with Gasteiger partial charge in [-0.25, -0.2) is 0 Å². The summed E-state index contributed by atoms with van der Waals surface area (Å²) >= 11 is 6.24. The first-order valence-electron chi connectivity index (χ1n) is 7.59. The average Bonchev–Trinajstić information content (AvgIpc) is 2.46. The number of aliphatic hydroxyl groups is 1. The first-order chi connectivity index (χ1) is 9.70. The molecule has 3 nitrogen and oxygen atoms in total. The van der Waals surface area contributed by atoms with Crippen LogP contribution < -0.4 is 4.90 Å². The number of nitrogens with zero attached hydrogens (tertiary/aromatic N) is 2. The summed E-state index contributed by atoms with van der Waals surface area (Å²) in [5.74, 6) is 0. The van der Waals surface area contributed by atoms with Gasteiger partial charge in [-0.05, 0) is 38.4 Å². The monoisotopic (exact) mass is 294 g/mol. The van der Waals surface area contributed by atoms with Crippen LogP contribution in [0.1, 0.15) is 31.7 Å². The highest BCUT2D eigenvalue weighted by Gasteiger charge is 2.33. The quantitative estimate of drug-likeness (QED) is 0.908. The standard InChI is InChI=1S/C16H23ClN2O/c1-12-9-18-8-3-2-5-13(18)10-19(12)16-7-4-6-15(17)14(16)11-20/h4,6-7,12-13,20H,2-3,5,8-11H2,1H3. The van der Waals surface area contributed by atoms with Crippen LogP contribution in [-0.2, 0) is 6.61 Å². The highest BCUT2D eigenvalue weighted by Crippen LogP contribution is 2.33. The van der Waals surface area contributed by atoms with Gasteiger partial charge in [0.05, 0.1) is 6.61 Å². The van der Waals surface area contributed by atoms with Gasteiger partial charge in [0.2, 0.25) is 0 Å². The van der Waals surface area contributed by atoms with E-state index in [1.807, 2.05) is 12.1 Å². The summed E-state index contributed by atoms with van der Waals surface area (Å²) in [5, 5.41) is 10.3. The van der Waals surface area contributed by atoms with Gasteiger partial charge in [0.15, 0.2) is 0 Å². The summed E-state index contributed by atoms with van der Waals surface area (Å²) in [6.07, 6.45) is 3.96. The van der Waals surface area contributed by atoms with Crippen LogP contribution in [0.25, 0.3) is 0 Å². The lowest BCUT2D eigenvalue weighted by Gasteiger charge is -2.49. The van der Waals surface area contributed by atoms with E-state index in [4.69, 9.17) is 11.6 Å².